The van der Waals surface area contributed by atoms with Crippen molar-refractivity contribution in [3.63, 3.8) is 0 Å². The summed E-state index contributed by atoms with van der Waals surface area (Å²) in [4.78, 5) is 14.5. The van der Waals surface area contributed by atoms with E-state index >= 15 is 0 Å². The van der Waals surface area contributed by atoms with Crippen LogP contribution in [-0.2, 0) is 5.41 Å². The molecule has 3 nitrogen and oxygen atoms in total. The monoisotopic (exact) mass is 627 g/mol. The Morgan fingerprint density at radius 2 is 1.12 bits per heavy atom. The quantitative estimate of drug-likeness (QED) is 0.191. The minimum absolute atomic E-state index is 0.0761. The molecule has 0 spiro atoms. The van der Waals surface area contributed by atoms with Gasteiger partial charge in [-0.15, -0.1) is 0 Å². The maximum atomic E-state index is 5.15. The van der Waals surface area contributed by atoms with Crippen LogP contribution < -0.4 is 0 Å². The second-order valence-corrected chi connectivity index (χ2v) is 13.3. The van der Waals surface area contributed by atoms with Gasteiger partial charge in [0.2, 0.25) is 0 Å². The summed E-state index contributed by atoms with van der Waals surface area (Å²) >= 11 is 0. The molecule has 0 N–H and O–H groups in total. The van der Waals surface area contributed by atoms with Gasteiger partial charge in [0, 0.05) is 34.5 Å². The molecule has 0 saturated carbocycles. The minimum Gasteiger partial charge on any atom is -0.264 e. The van der Waals surface area contributed by atoms with E-state index in [0.29, 0.717) is 5.82 Å². The molecule has 0 atom stereocenters. The summed E-state index contributed by atoms with van der Waals surface area (Å²) in [5, 5.41) is 2.63. The molecule has 3 heteroatoms. The van der Waals surface area contributed by atoms with Crippen LogP contribution in [0.15, 0.2) is 164 Å². The van der Waals surface area contributed by atoms with E-state index in [-0.39, 0.29) is 5.41 Å². The van der Waals surface area contributed by atoms with Crippen molar-refractivity contribution in [1.82, 2.24) is 15.0 Å². The molecule has 1 aliphatic carbocycles. The molecule has 0 amide bonds. The lowest BCUT2D eigenvalue weighted by Crippen LogP contribution is -2.15. The van der Waals surface area contributed by atoms with Crippen molar-refractivity contribution in [1.29, 1.82) is 0 Å². The fourth-order valence-electron chi connectivity index (χ4n) is 7.48. The zero-order chi connectivity index (χ0) is 33.0. The van der Waals surface area contributed by atoms with Gasteiger partial charge in [-0.1, -0.05) is 141 Å². The van der Waals surface area contributed by atoms with Crippen molar-refractivity contribution in [2.75, 3.05) is 0 Å². The largest absolute Gasteiger partial charge is 0.264 e. The van der Waals surface area contributed by atoms with Gasteiger partial charge in [0.15, 0.2) is 5.82 Å². The van der Waals surface area contributed by atoms with E-state index in [9.17, 15) is 0 Å². The van der Waals surface area contributed by atoms with Gasteiger partial charge in [-0.3, -0.25) is 4.98 Å². The summed E-state index contributed by atoms with van der Waals surface area (Å²) < 4.78 is 0. The first kappa shape index (κ1) is 29.0. The summed E-state index contributed by atoms with van der Waals surface area (Å²) in [6, 6.07) is 53.9. The van der Waals surface area contributed by atoms with Gasteiger partial charge in [-0.25, -0.2) is 9.97 Å². The number of fused-ring (bicyclic) bond motifs is 5. The van der Waals surface area contributed by atoms with E-state index in [2.05, 4.69) is 158 Å². The molecule has 2 aromatic heterocycles. The first-order valence-corrected chi connectivity index (χ1v) is 16.8. The van der Waals surface area contributed by atoms with E-state index in [4.69, 9.17) is 9.97 Å². The number of hydrogen-bond acceptors (Lipinski definition) is 3. The second kappa shape index (κ2) is 11.5. The fraction of sp³-hybridized carbons (Fsp3) is 0.0652. The van der Waals surface area contributed by atoms with E-state index in [1.165, 1.54) is 38.6 Å². The molecular formula is C46H33N3. The Kier molecular flexibility index (Phi) is 6.80. The molecule has 1 aliphatic rings. The second-order valence-electron chi connectivity index (χ2n) is 13.3. The van der Waals surface area contributed by atoms with Crippen LogP contribution in [0.25, 0.3) is 78.1 Å². The molecule has 9 rings (SSSR count). The lowest BCUT2D eigenvalue weighted by Gasteiger charge is -2.23. The van der Waals surface area contributed by atoms with Gasteiger partial charge in [-0.05, 0) is 79.5 Å². The SMILES string of the molecule is CC1(C)c2ccc(-c3cccc(-c4cc(-c5ccccc5)nc(-c5ccc(-c6cccnc6)cc5)n4)c3)cc2-c2ccc3ccccc3c21. The molecule has 8 aromatic rings. The zero-order valence-corrected chi connectivity index (χ0v) is 27.4. The molecule has 232 valence electrons. The number of benzene rings is 6. The first-order valence-electron chi connectivity index (χ1n) is 16.8. The Bertz CT molecular complexity index is 2500. The van der Waals surface area contributed by atoms with E-state index in [1.54, 1.807) is 6.20 Å². The Morgan fingerprint density at radius 3 is 1.94 bits per heavy atom. The number of aromatic nitrogens is 3. The third-order valence-corrected chi connectivity index (χ3v) is 9.96. The van der Waals surface area contributed by atoms with Crippen molar-refractivity contribution in [2.24, 2.45) is 0 Å². The third kappa shape index (κ3) is 5.03. The summed E-state index contributed by atoms with van der Waals surface area (Å²) in [5.41, 5.74) is 14.8. The molecule has 0 saturated heterocycles. The van der Waals surface area contributed by atoms with Crippen LogP contribution in [0.3, 0.4) is 0 Å². The van der Waals surface area contributed by atoms with E-state index < -0.39 is 0 Å². The molecule has 0 radical (unpaired) electrons. The summed E-state index contributed by atoms with van der Waals surface area (Å²) in [5.74, 6) is 0.697. The van der Waals surface area contributed by atoms with Gasteiger partial charge in [0.1, 0.15) is 0 Å². The Hall–Kier alpha value is -6.19. The van der Waals surface area contributed by atoms with Crippen LogP contribution in [-0.4, -0.2) is 15.0 Å². The molecule has 0 bridgehead atoms. The van der Waals surface area contributed by atoms with Gasteiger partial charge >= 0.3 is 0 Å². The highest BCUT2D eigenvalue weighted by Gasteiger charge is 2.36. The molecule has 49 heavy (non-hydrogen) atoms. The maximum Gasteiger partial charge on any atom is 0.160 e. The highest BCUT2D eigenvalue weighted by molar-refractivity contribution is 5.98. The van der Waals surface area contributed by atoms with Crippen LogP contribution in [0.4, 0.5) is 0 Å². The third-order valence-electron chi connectivity index (χ3n) is 9.96. The normalized spacial score (nSPS) is 12.9. The van der Waals surface area contributed by atoms with Crippen molar-refractivity contribution >= 4 is 10.8 Å². The van der Waals surface area contributed by atoms with Gasteiger partial charge in [0.25, 0.3) is 0 Å². The molecular weight excluding hydrogens is 595 g/mol. The van der Waals surface area contributed by atoms with Crippen molar-refractivity contribution in [3.8, 4) is 67.3 Å². The topological polar surface area (TPSA) is 38.7 Å². The number of nitrogens with zero attached hydrogens (tertiary/aromatic N) is 3. The first-order chi connectivity index (χ1) is 24.0. The smallest absolute Gasteiger partial charge is 0.160 e. The maximum absolute atomic E-state index is 5.15. The fourth-order valence-corrected chi connectivity index (χ4v) is 7.48. The highest BCUT2D eigenvalue weighted by Crippen LogP contribution is 2.52. The number of pyridine rings is 1. The van der Waals surface area contributed by atoms with Crippen LogP contribution in [0.5, 0.6) is 0 Å². The van der Waals surface area contributed by atoms with Gasteiger partial charge < -0.3 is 0 Å². The zero-order valence-electron chi connectivity index (χ0n) is 27.4. The molecule has 0 unspecified atom stereocenters. The van der Waals surface area contributed by atoms with Crippen molar-refractivity contribution in [2.45, 2.75) is 19.3 Å². The summed E-state index contributed by atoms with van der Waals surface area (Å²) in [6.45, 7) is 4.71. The summed E-state index contributed by atoms with van der Waals surface area (Å²) in [7, 11) is 0. The molecule has 2 heterocycles. The van der Waals surface area contributed by atoms with Crippen LogP contribution in [0.2, 0.25) is 0 Å². The molecule has 6 aromatic carbocycles. The molecule has 0 aliphatic heterocycles. The van der Waals surface area contributed by atoms with E-state index in [1.807, 2.05) is 18.3 Å². The Balaban J connectivity index is 1.13. The minimum atomic E-state index is -0.0761. The summed E-state index contributed by atoms with van der Waals surface area (Å²) in [6.07, 6.45) is 3.68. The van der Waals surface area contributed by atoms with Gasteiger partial charge in [0.05, 0.1) is 11.4 Å². The van der Waals surface area contributed by atoms with E-state index in [0.717, 1.165) is 44.8 Å². The van der Waals surface area contributed by atoms with Crippen LogP contribution >= 0.6 is 0 Å². The average Bonchev–Trinajstić information content (AvgIpc) is 3.41. The standard InChI is InChI=1S/C46H33N3/c1-46(2)41-24-22-35(27-40(41)39-23-21-31-10-6-7-16-38(31)44(39)46)34-13-8-14-36(26-34)43-28-42(32-11-4-3-5-12-32)48-45(49-43)33-19-17-30(18-20-33)37-15-9-25-47-29-37/h3-29H,1-2H3. The highest BCUT2D eigenvalue weighted by atomic mass is 14.9. The van der Waals surface area contributed by atoms with Gasteiger partial charge in [-0.2, -0.15) is 0 Å². The lowest BCUT2D eigenvalue weighted by molar-refractivity contribution is 0.666. The predicted molar refractivity (Wildman–Crippen MR) is 202 cm³/mol. The number of hydrogen-bond donors (Lipinski definition) is 0. The van der Waals surface area contributed by atoms with Crippen molar-refractivity contribution in [3.05, 3.63) is 175 Å². The lowest BCUT2D eigenvalue weighted by atomic mass is 9.80. The molecule has 0 fully saturated rings. The number of rotatable bonds is 5. The van der Waals surface area contributed by atoms with Crippen LogP contribution in [0.1, 0.15) is 25.0 Å². The average molecular weight is 628 g/mol. The Morgan fingerprint density at radius 1 is 0.449 bits per heavy atom. The van der Waals surface area contributed by atoms with Crippen molar-refractivity contribution < 1.29 is 0 Å². The Labute approximate surface area is 286 Å². The van der Waals surface area contributed by atoms with Crippen LogP contribution in [0, 0.1) is 0 Å². The predicted octanol–water partition coefficient (Wildman–Crippen LogP) is 11.7.